The van der Waals surface area contributed by atoms with Crippen molar-refractivity contribution in [3.8, 4) is 0 Å². The Morgan fingerprint density at radius 1 is 1.56 bits per heavy atom. The minimum absolute atomic E-state index is 0.208. The summed E-state index contributed by atoms with van der Waals surface area (Å²) >= 11 is 0. The summed E-state index contributed by atoms with van der Waals surface area (Å²) in [7, 11) is 0. The number of piperazine rings is 1. The minimum atomic E-state index is -0.395. The van der Waals surface area contributed by atoms with E-state index in [4.69, 9.17) is 4.52 Å². The number of hydrogen-bond acceptors (Lipinski definition) is 5. The Labute approximate surface area is 106 Å². The van der Waals surface area contributed by atoms with Crippen LogP contribution in [0.3, 0.4) is 0 Å². The van der Waals surface area contributed by atoms with E-state index in [9.17, 15) is 9.59 Å². The first-order chi connectivity index (χ1) is 8.47. The van der Waals surface area contributed by atoms with E-state index in [0.29, 0.717) is 11.8 Å². The zero-order valence-electron chi connectivity index (χ0n) is 11.0. The highest BCUT2D eigenvalue weighted by Gasteiger charge is 2.25. The van der Waals surface area contributed by atoms with E-state index in [1.54, 1.807) is 6.92 Å². The number of aryl methyl sites for hydroxylation is 1. The molecule has 0 aliphatic carbocycles. The highest BCUT2D eigenvalue weighted by atomic mass is 16.5. The Kier molecular flexibility index (Phi) is 3.68. The Bertz CT molecular complexity index is 491. The molecular weight excluding hydrogens is 234 g/mol. The molecule has 0 amide bonds. The normalized spacial score (nSPS) is 25.3. The lowest BCUT2D eigenvalue weighted by Crippen LogP contribution is -2.56. The Morgan fingerprint density at radius 3 is 2.89 bits per heavy atom. The lowest BCUT2D eigenvalue weighted by molar-refractivity contribution is 0.0639. The van der Waals surface area contributed by atoms with Gasteiger partial charge in [-0.15, -0.1) is 4.74 Å². The molecule has 0 spiro atoms. The third kappa shape index (κ3) is 2.70. The molecule has 1 aliphatic rings. The molecule has 1 aromatic rings. The number of rotatable bonds is 2. The van der Waals surface area contributed by atoms with Crippen molar-refractivity contribution < 1.29 is 9.32 Å². The van der Waals surface area contributed by atoms with Gasteiger partial charge in [-0.1, -0.05) is 0 Å². The van der Waals surface area contributed by atoms with Gasteiger partial charge >= 0.3 is 0 Å². The summed E-state index contributed by atoms with van der Waals surface area (Å²) in [6.07, 6.45) is 0. The van der Waals surface area contributed by atoms with Crippen LogP contribution in [0.2, 0.25) is 0 Å². The summed E-state index contributed by atoms with van der Waals surface area (Å²) < 4.78 is 5.93. The average molecular weight is 253 g/mol. The summed E-state index contributed by atoms with van der Waals surface area (Å²) in [4.78, 5) is 25.6. The predicted octanol–water partition coefficient (Wildman–Crippen LogP) is 0.0721. The Hall–Kier alpha value is -1.40. The first kappa shape index (κ1) is 13.0. The molecule has 100 valence electrons. The number of nitrogens with zero attached hydrogens (tertiary/aromatic N) is 2. The van der Waals surface area contributed by atoms with Crippen molar-refractivity contribution in [2.24, 2.45) is 0 Å². The van der Waals surface area contributed by atoms with Crippen LogP contribution in [0.15, 0.2) is 15.4 Å². The average Bonchev–Trinajstić information content (AvgIpc) is 2.63. The third-order valence-electron chi connectivity index (χ3n) is 3.22. The molecule has 0 saturated carbocycles. The third-order valence-corrected chi connectivity index (χ3v) is 3.22. The van der Waals surface area contributed by atoms with Crippen LogP contribution >= 0.6 is 0 Å². The van der Waals surface area contributed by atoms with Gasteiger partial charge in [0.15, 0.2) is 0 Å². The highest BCUT2D eigenvalue weighted by molar-refractivity contribution is 5.79. The number of hydrogen-bond donors (Lipinski definition) is 1. The van der Waals surface area contributed by atoms with Gasteiger partial charge in [0, 0.05) is 31.2 Å². The van der Waals surface area contributed by atoms with E-state index in [-0.39, 0.29) is 18.5 Å². The lowest BCUT2D eigenvalue weighted by atomic mass is 10.1. The maximum atomic E-state index is 12.0. The zero-order chi connectivity index (χ0) is 13.3. The largest absolute Gasteiger partial charge is 0.373 e. The van der Waals surface area contributed by atoms with Crippen molar-refractivity contribution in [3.05, 3.63) is 22.2 Å². The van der Waals surface area contributed by atoms with E-state index in [0.717, 1.165) is 17.8 Å². The summed E-state index contributed by atoms with van der Waals surface area (Å²) in [5.41, 5.74) is -0.395. The number of carbonyl (C=O) groups is 1. The molecular formula is C12H19N3O3. The molecule has 2 rings (SSSR count). The highest BCUT2D eigenvalue weighted by Crippen LogP contribution is 2.06. The van der Waals surface area contributed by atoms with Gasteiger partial charge in [0.1, 0.15) is 5.76 Å². The molecule has 2 unspecified atom stereocenters. The molecule has 1 aromatic heterocycles. The van der Waals surface area contributed by atoms with E-state index >= 15 is 0 Å². The van der Waals surface area contributed by atoms with Crippen molar-refractivity contribution in [1.82, 2.24) is 15.0 Å². The maximum absolute atomic E-state index is 12.0. The molecule has 0 radical (unpaired) electrons. The fraction of sp³-hybridized carbons (Fsp3) is 0.667. The Morgan fingerprint density at radius 2 is 2.28 bits per heavy atom. The molecule has 1 aliphatic heterocycles. The van der Waals surface area contributed by atoms with Crippen LogP contribution in [-0.4, -0.2) is 47.3 Å². The van der Waals surface area contributed by atoms with Crippen molar-refractivity contribution in [2.45, 2.75) is 32.9 Å². The first-order valence-corrected chi connectivity index (χ1v) is 6.18. The predicted molar refractivity (Wildman–Crippen MR) is 66.8 cm³/mol. The number of nitrogens with one attached hydrogen (secondary N) is 1. The summed E-state index contributed by atoms with van der Waals surface area (Å²) in [5, 5.41) is 3.35. The monoisotopic (exact) mass is 253 g/mol. The number of aromatic nitrogens is 1. The van der Waals surface area contributed by atoms with Crippen LogP contribution < -0.4 is 10.9 Å². The van der Waals surface area contributed by atoms with Crippen LogP contribution in [0, 0.1) is 6.92 Å². The molecule has 2 heterocycles. The van der Waals surface area contributed by atoms with Crippen LogP contribution in [0.25, 0.3) is 0 Å². The topological polar surface area (TPSA) is 67.5 Å². The van der Waals surface area contributed by atoms with Crippen molar-refractivity contribution in [3.63, 3.8) is 0 Å². The molecule has 1 fully saturated rings. The van der Waals surface area contributed by atoms with E-state index in [2.05, 4.69) is 24.1 Å². The van der Waals surface area contributed by atoms with Crippen molar-refractivity contribution >= 4 is 5.91 Å². The molecule has 6 heteroatoms. The maximum Gasteiger partial charge on any atom is 0.290 e. The molecule has 2 atom stereocenters. The fourth-order valence-corrected chi connectivity index (χ4v) is 2.18. The van der Waals surface area contributed by atoms with Gasteiger partial charge in [0.2, 0.25) is 0 Å². The quantitative estimate of drug-likeness (QED) is 0.808. The van der Waals surface area contributed by atoms with E-state index < -0.39 is 5.56 Å². The van der Waals surface area contributed by atoms with Gasteiger partial charge in [-0.05, 0) is 20.8 Å². The Balaban J connectivity index is 2.07. The van der Waals surface area contributed by atoms with Crippen LogP contribution in [0.1, 0.15) is 24.4 Å². The smallest absolute Gasteiger partial charge is 0.290 e. The zero-order valence-corrected chi connectivity index (χ0v) is 11.0. The molecule has 0 bridgehead atoms. The summed E-state index contributed by atoms with van der Waals surface area (Å²) in [6.45, 7) is 7.64. The SMILES string of the molecule is Cc1cc(=O)n(C(=O)CN2CC(C)NCC2C)o1. The molecule has 1 N–H and O–H groups in total. The first-order valence-electron chi connectivity index (χ1n) is 6.18. The molecule has 0 aromatic carbocycles. The fourth-order valence-electron chi connectivity index (χ4n) is 2.18. The number of carbonyl (C=O) groups excluding carboxylic acids is 1. The van der Waals surface area contributed by atoms with Crippen LogP contribution in [0.4, 0.5) is 0 Å². The lowest BCUT2D eigenvalue weighted by Gasteiger charge is -2.36. The van der Waals surface area contributed by atoms with Crippen molar-refractivity contribution in [2.75, 3.05) is 19.6 Å². The second kappa shape index (κ2) is 5.07. The second-order valence-electron chi connectivity index (χ2n) is 4.96. The van der Waals surface area contributed by atoms with Gasteiger partial charge in [0.05, 0.1) is 6.54 Å². The van der Waals surface area contributed by atoms with Crippen molar-refractivity contribution in [1.29, 1.82) is 0 Å². The second-order valence-corrected chi connectivity index (χ2v) is 4.96. The summed E-state index contributed by atoms with van der Waals surface area (Å²) in [5.74, 6) is 0.143. The molecule has 1 saturated heterocycles. The van der Waals surface area contributed by atoms with E-state index in [1.165, 1.54) is 6.07 Å². The van der Waals surface area contributed by atoms with Gasteiger partial charge in [0.25, 0.3) is 11.5 Å². The minimum Gasteiger partial charge on any atom is -0.373 e. The molecule has 18 heavy (non-hydrogen) atoms. The van der Waals surface area contributed by atoms with Gasteiger partial charge in [-0.2, -0.15) is 0 Å². The standard InChI is InChI=1S/C12H19N3O3/c1-8-6-14(9(2)5-13-8)7-12(17)15-11(16)4-10(3)18-15/h4,8-9,13H,5-7H2,1-3H3. The van der Waals surface area contributed by atoms with Crippen LogP contribution in [-0.2, 0) is 0 Å². The van der Waals surface area contributed by atoms with Gasteiger partial charge in [-0.25, -0.2) is 0 Å². The molecule has 6 nitrogen and oxygen atoms in total. The van der Waals surface area contributed by atoms with Gasteiger partial charge < -0.3 is 9.84 Å². The van der Waals surface area contributed by atoms with Gasteiger partial charge in [-0.3, -0.25) is 14.5 Å². The summed E-state index contributed by atoms with van der Waals surface area (Å²) in [6, 6.07) is 1.95. The van der Waals surface area contributed by atoms with Crippen LogP contribution in [0.5, 0.6) is 0 Å². The van der Waals surface area contributed by atoms with E-state index in [1.807, 2.05) is 0 Å².